The van der Waals surface area contributed by atoms with Crippen molar-refractivity contribution >= 4 is 32.6 Å². The normalized spacial score (nSPS) is 12.2. The Labute approximate surface area is 170 Å². The highest BCUT2D eigenvalue weighted by atomic mass is 79.9. The van der Waals surface area contributed by atoms with Crippen molar-refractivity contribution in [1.29, 1.82) is 0 Å². The van der Waals surface area contributed by atoms with Crippen molar-refractivity contribution in [2.75, 3.05) is 6.26 Å². The summed E-state index contributed by atoms with van der Waals surface area (Å²) in [6, 6.07) is 7.44. The molecule has 1 aromatic carbocycles. The Bertz CT molecular complexity index is 903. The number of benzene rings is 1. The quantitative estimate of drug-likeness (QED) is 0.691. The van der Waals surface area contributed by atoms with Crippen LogP contribution in [0.1, 0.15) is 54.3 Å². The van der Waals surface area contributed by atoms with Crippen LogP contribution in [0.4, 0.5) is 0 Å². The summed E-state index contributed by atoms with van der Waals surface area (Å²) in [5.41, 5.74) is 1.53. The van der Waals surface area contributed by atoms with Gasteiger partial charge in [-0.15, -0.1) is 0 Å². The van der Waals surface area contributed by atoms with E-state index in [0.717, 1.165) is 29.0 Å². The maximum atomic E-state index is 12.6. The van der Waals surface area contributed by atoms with Crippen molar-refractivity contribution < 1.29 is 9.00 Å². The molecule has 1 unspecified atom stereocenters. The Kier molecular flexibility index (Phi) is 7.56. The first-order valence-corrected chi connectivity index (χ1v) is 11.3. The van der Waals surface area contributed by atoms with E-state index >= 15 is 0 Å². The zero-order chi connectivity index (χ0) is 20.1. The summed E-state index contributed by atoms with van der Waals surface area (Å²) < 4.78 is 13.9. The van der Waals surface area contributed by atoms with Crippen molar-refractivity contribution in [1.82, 2.24) is 9.88 Å². The molecule has 1 N–H and O–H groups in total. The highest BCUT2D eigenvalue weighted by Gasteiger charge is 2.19. The van der Waals surface area contributed by atoms with Crippen LogP contribution in [0.3, 0.4) is 0 Å². The molecule has 1 amide bonds. The molecule has 0 aliphatic carbocycles. The van der Waals surface area contributed by atoms with Gasteiger partial charge in [0.15, 0.2) is 0 Å². The van der Waals surface area contributed by atoms with Gasteiger partial charge in [-0.2, -0.15) is 0 Å². The van der Waals surface area contributed by atoms with Gasteiger partial charge >= 0.3 is 0 Å². The molecule has 1 heterocycles. The van der Waals surface area contributed by atoms with Gasteiger partial charge in [-0.1, -0.05) is 26.0 Å². The van der Waals surface area contributed by atoms with Crippen LogP contribution in [0, 0.1) is 6.92 Å². The highest BCUT2D eigenvalue weighted by Crippen LogP contribution is 2.22. The van der Waals surface area contributed by atoms with E-state index in [1.807, 2.05) is 23.6 Å². The van der Waals surface area contributed by atoms with Crippen LogP contribution in [0.15, 0.2) is 44.6 Å². The predicted molar refractivity (Wildman–Crippen MR) is 113 cm³/mol. The van der Waals surface area contributed by atoms with Crippen LogP contribution < -0.4 is 10.7 Å². The average Bonchev–Trinajstić information content (AvgIpc) is 2.67. The van der Waals surface area contributed by atoms with Crippen molar-refractivity contribution in [3.05, 3.63) is 62.0 Å². The Morgan fingerprint density at radius 2 is 1.81 bits per heavy atom. The standard InChI is InChI=1S/C20H25BrN2O3S/c1-5-15(6-2)23-12-17(19(24)18(21)13(23)3)20(25)22-11-14-7-9-16(10-8-14)27(4)26/h7-10,12,15H,5-6,11H2,1-4H3,(H,22,25). The summed E-state index contributed by atoms with van der Waals surface area (Å²) in [6.45, 7) is 6.36. The monoisotopic (exact) mass is 452 g/mol. The summed E-state index contributed by atoms with van der Waals surface area (Å²) in [4.78, 5) is 25.9. The average molecular weight is 453 g/mol. The lowest BCUT2D eigenvalue weighted by Crippen LogP contribution is -2.31. The van der Waals surface area contributed by atoms with Crippen LogP contribution in [0.5, 0.6) is 0 Å². The maximum absolute atomic E-state index is 12.6. The van der Waals surface area contributed by atoms with E-state index in [4.69, 9.17) is 0 Å². The molecule has 2 aromatic rings. The van der Waals surface area contributed by atoms with E-state index in [2.05, 4.69) is 35.1 Å². The van der Waals surface area contributed by atoms with E-state index in [1.54, 1.807) is 24.6 Å². The SMILES string of the molecule is CCC(CC)n1cc(C(=O)NCc2ccc(S(C)=O)cc2)c(=O)c(Br)c1C. The summed E-state index contributed by atoms with van der Waals surface area (Å²) >= 11 is 3.35. The third kappa shape index (κ3) is 4.96. The van der Waals surface area contributed by atoms with Crippen molar-refractivity contribution in [3.8, 4) is 0 Å². The molecule has 7 heteroatoms. The van der Waals surface area contributed by atoms with E-state index in [0.29, 0.717) is 11.0 Å². The number of amides is 1. The van der Waals surface area contributed by atoms with Crippen LogP contribution in [-0.2, 0) is 17.3 Å². The van der Waals surface area contributed by atoms with E-state index in [9.17, 15) is 13.8 Å². The van der Waals surface area contributed by atoms with E-state index in [1.165, 1.54) is 0 Å². The lowest BCUT2D eigenvalue weighted by molar-refractivity contribution is 0.0948. The zero-order valence-corrected chi connectivity index (χ0v) is 18.4. The Morgan fingerprint density at radius 1 is 1.22 bits per heavy atom. The van der Waals surface area contributed by atoms with Gasteiger partial charge < -0.3 is 9.88 Å². The summed E-state index contributed by atoms with van der Waals surface area (Å²) in [5, 5.41) is 2.80. The number of halogens is 1. The second-order valence-corrected chi connectivity index (χ2v) is 8.60. The highest BCUT2D eigenvalue weighted by molar-refractivity contribution is 9.10. The molecule has 0 bridgehead atoms. The molecule has 5 nitrogen and oxygen atoms in total. The number of hydrogen-bond acceptors (Lipinski definition) is 3. The molecule has 0 aliphatic heterocycles. The van der Waals surface area contributed by atoms with Crippen molar-refractivity contribution in [2.24, 2.45) is 0 Å². The Morgan fingerprint density at radius 3 is 2.33 bits per heavy atom. The molecular weight excluding hydrogens is 428 g/mol. The molecule has 0 saturated carbocycles. The lowest BCUT2D eigenvalue weighted by atomic mass is 10.1. The molecule has 0 fully saturated rings. The number of nitrogens with one attached hydrogen (secondary N) is 1. The minimum atomic E-state index is -1.03. The lowest BCUT2D eigenvalue weighted by Gasteiger charge is -2.22. The number of hydrogen-bond donors (Lipinski definition) is 1. The fourth-order valence-electron chi connectivity index (χ4n) is 2.99. The minimum Gasteiger partial charge on any atom is -0.348 e. The summed E-state index contributed by atoms with van der Waals surface area (Å²) in [7, 11) is -1.03. The minimum absolute atomic E-state index is 0.130. The molecule has 0 aliphatic rings. The van der Waals surface area contributed by atoms with Crippen molar-refractivity contribution in [3.63, 3.8) is 0 Å². The zero-order valence-electron chi connectivity index (χ0n) is 16.0. The molecule has 0 saturated heterocycles. The molecule has 2 rings (SSSR count). The van der Waals surface area contributed by atoms with E-state index in [-0.39, 0.29) is 17.0 Å². The molecular formula is C20H25BrN2O3S. The smallest absolute Gasteiger partial charge is 0.257 e. The fourth-order valence-corrected chi connectivity index (χ4v) is 3.93. The topological polar surface area (TPSA) is 68.2 Å². The van der Waals surface area contributed by atoms with Crippen molar-refractivity contribution in [2.45, 2.75) is 51.1 Å². The number of carbonyl (C=O) groups excluding carboxylic acids is 1. The van der Waals surface area contributed by atoms with Gasteiger partial charge in [-0.3, -0.25) is 13.8 Å². The van der Waals surface area contributed by atoms with Gasteiger partial charge in [-0.05, 0) is 53.4 Å². The molecule has 1 atom stereocenters. The molecule has 27 heavy (non-hydrogen) atoms. The molecule has 0 spiro atoms. The van der Waals surface area contributed by atoms with Crippen LogP contribution in [0.25, 0.3) is 0 Å². The molecule has 1 aromatic heterocycles. The maximum Gasteiger partial charge on any atom is 0.257 e. The van der Waals surface area contributed by atoms with Crippen LogP contribution >= 0.6 is 15.9 Å². The fraction of sp³-hybridized carbons (Fsp3) is 0.400. The van der Waals surface area contributed by atoms with Gasteiger partial charge in [0.05, 0.1) is 4.47 Å². The van der Waals surface area contributed by atoms with Crippen LogP contribution in [0.2, 0.25) is 0 Å². The number of nitrogens with zero attached hydrogens (tertiary/aromatic N) is 1. The number of rotatable bonds is 7. The summed E-state index contributed by atoms with van der Waals surface area (Å²) in [5.74, 6) is -0.399. The third-order valence-electron chi connectivity index (χ3n) is 4.71. The van der Waals surface area contributed by atoms with Gasteiger partial charge in [0.2, 0.25) is 5.43 Å². The number of aromatic nitrogens is 1. The second-order valence-electron chi connectivity index (χ2n) is 6.43. The van der Waals surface area contributed by atoms with Crippen LogP contribution in [-0.4, -0.2) is 20.9 Å². The first kappa shape index (κ1) is 21.6. The Hall–Kier alpha value is -1.73. The molecule has 146 valence electrons. The van der Waals surface area contributed by atoms with E-state index < -0.39 is 16.7 Å². The van der Waals surface area contributed by atoms with Gasteiger partial charge in [-0.25, -0.2) is 0 Å². The number of pyridine rings is 1. The largest absolute Gasteiger partial charge is 0.348 e. The number of carbonyl (C=O) groups is 1. The Balaban J connectivity index is 2.25. The first-order valence-electron chi connectivity index (χ1n) is 8.91. The van der Waals surface area contributed by atoms with Gasteiger partial charge in [0, 0.05) is 46.4 Å². The predicted octanol–water partition coefficient (Wildman–Crippen LogP) is 3.95. The van der Waals surface area contributed by atoms with Gasteiger partial charge in [0.1, 0.15) is 5.56 Å². The summed E-state index contributed by atoms with van der Waals surface area (Å²) in [6.07, 6.45) is 5.12. The third-order valence-corrected chi connectivity index (χ3v) is 6.58. The second kappa shape index (κ2) is 9.46. The first-order chi connectivity index (χ1) is 12.8. The van der Waals surface area contributed by atoms with Gasteiger partial charge in [0.25, 0.3) is 5.91 Å². The molecule has 0 radical (unpaired) electrons.